The maximum atomic E-state index is 11.2. The predicted octanol–water partition coefficient (Wildman–Crippen LogP) is 2.64. The van der Waals surface area contributed by atoms with Crippen LogP contribution in [0.1, 0.15) is 46.5 Å². The third-order valence-corrected chi connectivity index (χ3v) is 3.22. The largest absolute Gasteiger partial charge is 0.444 e. The van der Waals surface area contributed by atoms with E-state index in [1.807, 2.05) is 0 Å². The number of unbranched alkanes of at least 4 members (excludes halogenated alkanes) is 3. The number of alkyl carbamates (subject to hydrolysis) is 1. The monoisotopic (exact) mass is 299 g/mol. The molecule has 0 aliphatic carbocycles. The van der Waals surface area contributed by atoms with Crippen LogP contribution in [0.2, 0.25) is 0 Å². The number of carbonyl (C=O) groups is 1. The highest BCUT2D eigenvalue weighted by atomic mass is 35.7. The fourth-order valence-electron chi connectivity index (χ4n) is 1.26. The van der Waals surface area contributed by atoms with Crippen LogP contribution in [-0.2, 0) is 13.8 Å². The van der Waals surface area contributed by atoms with Gasteiger partial charge in [0.1, 0.15) is 5.60 Å². The lowest BCUT2D eigenvalue weighted by Crippen LogP contribution is -2.32. The number of nitrogens with one attached hydrogen (secondary N) is 1. The normalized spacial score (nSPS) is 12.2. The van der Waals surface area contributed by atoms with Gasteiger partial charge in [0, 0.05) is 17.2 Å². The average Bonchev–Trinajstić information content (AvgIpc) is 2.11. The van der Waals surface area contributed by atoms with E-state index in [0.29, 0.717) is 13.0 Å². The quantitative estimate of drug-likeness (QED) is 0.579. The van der Waals surface area contributed by atoms with Crippen molar-refractivity contribution in [1.82, 2.24) is 5.32 Å². The molecule has 5 nitrogen and oxygen atoms in total. The summed E-state index contributed by atoms with van der Waals surface area (Å²) in [4.78, 5) is 11.2. The molecule has 0 saturated carbocycles. The summed E-state index contributed by atoms with van der Waals surface area (Å²) >= 11 is 0. The second-order valence-electron chi connectivity index (χ2n) is 5.09. The van der Waals surface area contributed by atoms with Gasteiger partial charge in [-0.15, -0.1) is 0 Å². The molecule has 0 bridgehead atoms. The third-order valence-electron chi connectivity index (χ3n) is 1.98. The summed E-state index contributed by atoms with van der Waals surface area (Å²) in [7, 11) is 1.71. The lowest BCUT2D eigenvalue weighted by atomic mass is 10.2. The van der Waals surface area contributed by atoms with Gasteiger partial charge in [-0.2, -0.15) is 0 Å². The summed E-state index contributed by atoms with van der Waals surface area (Å²) in [5.41, 5.74) is -0.487. The molecule has 0 aromatic heterocycles. The van der Waals surface area contributed by atoms with Crippen molar-refractivity contribution in [3.63, 3.8) is 0 Å². The van der Waals surface area contributed by atoms with Crippen LogP contribution in [0.4, 0.5) is 4.79 Å². The molecule has 1 amide bonds. The first kappa shape index (κ1) is 17.5. The van der Waals surface area contributed by atoms with Gasteiger partial charge in [0.2, 0.25) is 9.05 Å². The molecule has 1 N–H and O–H groups in total. The van der Waals surface area contributed by atoms with Gasteiger partial charge in [0.05, 0.1) is 5.75 Å². The van der Waals surface area contributed by atoms with Gasteiger partial charge in [-0.3, -0.25) is 0 Å². The fraction of sp³-hybridized carbons (Fsp3) is 0.909. The van der Waals surface area contributed by atoms with Gasteiger partial charge < -0.3 is 10.1 Å². The second kappa shape index (κ2) is 7.84. The molecule has 0 radical (unpaired) electrons. The molecule has 0 aromatic rings. The Morgan fingerprint density at radius 1 is 1.17 bits per heavy atom. The Morgan fingerprint density at radius 2 is 1.72 bits per heavy atom. The Hall–Kier alpha value is -0.490. The number of hydrogen-bond acceptors (Lipinski definition) is 4. The van der Waals surface area contributed by atoms with E-state index in [2.05, 4.69) is 5.32 Å². The first-order chi connectivity index (χ1) is 8.10. The van der Waals surface area contributed by atoms with Crippen LogP contribution < -0.4 is 5.32 Å². The van der Waals surface area contributed by atoms with Crippen molar-refractivity contribution in [3.05, 3.63) is 0 Å². The highest BCUT2D eigenvalue weighted by Crippen LogP contribution is 2.07. The molecule has 18 heavy (non-hydrogen) atoms. The maximum Gasteiger partial charge on any atom is 0.407 e. The van der Waals surface area contributed by atoms with Gasteiger partial charge in [0.25, 0.3) is 0 Å². The molecule has 0 fully saturated rings. The van der Waals surface area contributed by atoms with Crippen LogP contribution in [0.5, 0.6) is 0 Å². The van der Waals surface area contributed by atoms with E-state index in [1.165, 1.54) is 0 Å². The van der Waals surface area contributed by atoms with E-state index in [9.17, 15) is 13.2 Å². The summed E-state index contributed by atoms with van der Waals surface area (Å²) in [5.74, 6) is 0.00799. The molecule has 0 aliphatic rings. The number of carbonyl (C=O) groups excluding carboxylic acids is 1. The summed E-state index contributed by atoms with van der Waals surface area (Å²) in [5, 5.41) is 2.64. The first-order valence-electron chi connectivity index (χ1n) is 5.99. The van der Waals surface area contributed by atoms with Crippen molar-refractivity contribution in [2.24, 2.45) is 0 Å². The van der Waals surface area contributed by atoms with Gasteiger partial charge >= 0.3 is 6.09 Å². The Balaban J connectivity index is 3.44. The van der Waals surface area contributed by atoms with Crippen molar-refractivity contribution >= 4 is 25.8 Å². The van der Waals surface area contributed by atoms with E-state index < -0.39 is 20.7 Å². The summed E-state index contributed by atoms with van der Waals surface area (Å²) in [6, 6.07) is 0. The van der Waals surface area contributed by atoms with Crippen molar-refractivity contribution < 1.29 is 17.9 Å². The van der Waals surface area contributed by atoms with Crippen LogP contribution in [0.15, 0.2) is 0 Å². The number of hydrogen-bond donors (Lipinski definition) is 1. The topological polar surface area (TPSA) is 72.5 Å². The fourth-order valence-corrected chi connectivity index (χ4v) is 2.13. The van der Waals surface area contributed by atoms with Gasteiger partial charge in [-0.05, 0) is 33.6 Å². The molecule has 0 spiro atoms. The second-order valence-corrected chi connectivity index (χ2v) is 7.98. The summed E-state index contributed by atoms with van der Waals surface area (Å²) < 4.78 is 26.3. The van der Waals surface area contributed by atoms with E-state index in [4.69, 9.17) is 15.4 Å². The molecular formula is C11H22ClNO4S. The Morgan fingerprint density at radius 3 is 2.22 bits per heavy atom. The smallest absolute Gasteiger partial charge is 0.407 e. The van der Waals surface area contributed by atoms with Crippen molar-refractivity contribution in [3.8, 4) is 0 Å². The van der Waals surface area contributed by atoms with E-state index in [-0.39, 0.29) is 5.75 Å². The molecule has 0 heterocycles. The van der Waals surface area contributed by atoms with E-state index >= 15 is 0 Å². The van der Waals surface area contributed by atoms with Crippen LogP contribution in [0.3, 0.4) is 0 Å². The molecule has 0 aromatic carbocycles. The molecule has 0 saturated heterocycles. The molecule has 0 unspecified atom stereocenters. The molecule has 7 heteroatoms. The zero-order chi connectivity index (χ0) is 14.2. The van der Waals surface area contributed by atoms with Crippen molar-refractivity contribution in [2.45, 2.75) is 52.1 Å². The zero-order valence-corrected chi connectivity index (χ0v) is 12.7. The predicted molar refractivity (Wildman–Crippen MR) is 72.3 cm³/mol. The number of rotatable bonds is 7. The number of amides is 1. The van der Waals surface area contributed by atoms with Crippen LogP contribution in [-0.4, -0.2) is 32.4 Å². The van der Waals surface area contributed by atoms with Crippen LogP contribution in [0.25, 0.3) is 0 Å². The van der Waals surface area contributed by atoms with E-state index in [0.717, 1.165) is 19.3 Å². The van der Waals surface area contributed by atoms with Gasteiger partial charge in [-0.25, -0.2) is 13.2 Å². The summed E-state index contributed by atoms with van der Waals surface area (Å²) in [6.45, 7) is 5.94. The Labute approximate surface area is 114 Å². The van der Waals surface area contributed by atoms with Crippen molar-refractivity contribution in [1.29, 1.82) is 0 Å². The lowest BCUT2D eigenvalue weighted by molar-refractivity contribution is 0.0527. The molecule has 0 rings (SSSR count). The molecule has 0 atom stereocenters. The zero-order valence-electron chi connectivity index (χ0n) is 11.2. The molecule has 0 aliphatic heterocycles. The van der Waals surface area contributed by atoms with Crippen LogP contribution >= 0.6 is 10.7 Å². The minimum absolute atomic E-state index is 0.00799. The first-order valence-corrected chi connectivity index (χ1v) is 8.47. The van der Waals surface area contributed by atoms with Crippen molar-refractivity contribution in [2.75, 3.05) is 12.3 Å². The summed E-state index contributed by atoms with van der Waals surface area (Å²) in [6.07, 6.45) is 2.55. The average molecular weight is 300 g/mol. The standard InChI is InChI=1S/C11H22ClNO4S/c1-11(2,3)17-10(14)13-8-6-4-5-7-9-18(12,15)16/h4-9H2,1-3H3,(H,13,14). The van der Waals surface area contributed by atoms with Gasteiger partial charge in [-0.1, -0.05) is 12.8 Å². The van der Waals surface area contributed by atoms with E-state index in [1.54, 1.807) is 20.8 Å². The molecule has 108 valence electrons. The lowest BCUT2D eigenvalue weighted by Gasteiger charge is -2.19. The maximum absolute atomic E-state index is 11.2. The number of ether oxygens (including phenoxy) is 1. The van der Waals surface area contributed by atoms with Gasteiger partial charge in [0.15, 0.2) is 0 Å². The highest BCUT2D eigenvalue weighted by Gasteiger charge is 2.15. The highest BCUT2D eigenvalue weighted by molar-refractivity contribution is 8.13. The Bertz CT molecular complexity index is 349. The minimum atomic E-state index is -3.37. The SMILES string of the molecule is CC(C)(C)OC(=O)NCCCCCCS(=O)(=O)Cl. The van der Waals surface area contributed by atoms with Crippen LogP contribution in [0, 0.1) is 0 Å². The Kier molecular flexibility index (Phi) is 7.62. The third kappa shape index (κ3) is 13.6. The minimum Gasteiger partial charge on any atom is -0.444 e. The molecular weight excluding hydrogens is 278 g/mol. The number of halogens is 1.